The molecule has 1 atom stereocenters. The Balaban J connectivity index is 1.88. The predicted octanol–water partition coefficient (Wildman–Crippen LogP) is 4.22. The quantitative estimate of drug-likeness (QED) is 0.821. The van der Waals surface area contributed by atoms with Crippen molar-refractivity contribution in [2.75, 3.05) is 0 Å². The summed E-state index contributed by atoms with van der Waals surface area (Å²) in [6, 6.07) is 10.1. The molecule has 1 N–H and O–H groups in total. The molecule has 0 aliphatic heterocycles. The van der Waals surface area contributed by atoms with Crippen LogP contribution in [0.4, 0.5) is 0 Å². The van der Waals surface area contributed by atoms with Gasteiger partial charge in [0.05, 0.1) is 0 Å². The first kappa shape index (κ1) is 12.6. The number of hydrogen-bond acceptors (Lipinski definition) is 1. The summed E-state index contributed by atoms with van der Waals surface area (Å²) in [5, 5.41) is 3.78. The molecule has 1 fully saturated rings. The van der Waals surface area contributed by atoms with Gasteiger partial charge in [0.1, 0.15) is 0 Å². The van der Waals surface area contributed by atoms with E-state index in [1.807, 2.05) is 0 Å². The van der Waals surface area contributed by atoms with Crippen molar-refractivity contribution in [3.05, 3.63) is 35.4 Å². The topological polar surface area (TPSA) is 12.0 Å². The van der Waals surface area contributed by atoms with Crippen molar-refractivity contribution in [2.45, 2.75) is 58.5 Å². The minimum Gasteiger partial charge on any atom is -0.307 e. The Morgan fingerprint density at radius 2 is 1.65 bits per heavy atom. The van der Waals surface area contributed by atoms with Crippen molar-refractivity contribution >= 4 is 0 Å². The van der Waals surface area contributed by atoms with Crippen molar-refractivity contribution in [3.63, 3.8) is 0 Å². The van der Waals surface area contributed by atoms with Gasteiger partial charge in [-0.2, -0.15) is 0 Å². The van der Waals surface area contributed by atoms with Gasteiger partial charge in [0.2, 0.25) is 0 Å². The van der Waals surface area contributed by atoms with Crippen molar-refractivity contribution in [2.24, 2.45) is 5.92 Å². The average Bonchev–Trinajstić information content (AvgIpc) is 2.33. The van der Waals surface area contributed by atoms with Crippen LogP contribution in [0.5, 0.6) is 0 Å². The number of nitrogens with one attached hydrogen (secondary N) is 1. The van der Waals surface area contributed by atoms with Gasteiger partial charge in [-0.05, 0) is 51.0 Å². The molecule has 94 valence electrons. The van der Waals surface area contributed by atoms with Crippen LogP contribution in [0.25, 0.3) is 0 Å². The maximum Gasteiger partial charge on any atom is 0.0294 e. The van der Waals surface area contributed by atoms with Crippen molar-refractivity contribution in [1.29, 1.82) is 0 Å². The fraction of sp³-hybridized carbons (Fsp3) is 0.625. The molecule has 0 spiro atoms. The molecule has 0 radical (unpaired) electrons. The van der Waals surface area contributed by atoms with Crippen LogP contribution in [0.2, 0.25) is 0 Å². The van der Waals surface area contributed by atoms with E-state index in [1.54, 1.807) is 0 Å². The lowest BCUT2D eigenvalue weighted by Gasteiger charge is -2.29. The van der Waals surface area contributed by atoms with E-state index in [0.29, 0.717) is 6.04 Å². The summed E-state index contributed by atoms with van der Waals surface area (Å²) in [5.74, 6) is 0.933. The summed E-state index contributed by atoms with van der Waals surface area (Å²) in [4.78, 5) is 0. The zero-order chi connectivity index (χ0) is 12.3. The van der Waals surface area contributed by atoms with Gasteiger partial charge in [0.25, 0.3) is 0 Å². The van der Waals surface area contributed by atoms with Gasteiger partial charge in [0, 0.05) is 12.1 Å². The lowest BCUT2D eigenvalue weighted by Crippen LogP contribution is -2.34. The molecule has 0 aromatic heterocycles. The highest BCUT2D eigenvalue weighted by molar-refractivity contribution is 5.23. The van der Waals surface area contributed by atoms with Gasteiger partial charge in [-0.1, -0.05) is 36.8 Å². The van der Waals surface area contributed by atoms with Gasteiger partial charge in [-0.15, -0.1) is 0 Å². The fourth-order valence-corrected chi connectivity index (χ4v) is 2.73. The molecule has 1 nitrogen and oxygen atoms in total. The average molecular weight is 231 g/mol. The zero-order valence-electron chi connectivity index (χ0n) is 11.4. The smallest absolute Gasteiger partial charge is 0.0294 e. The molecule has 1 aromatic carbocycles. The minimum atomic E-state index is 0.481. The number of aryl methyl sites for hydroxylation is 1. The third kappa shape index (κ3) is 3.57. The molecular weight excluding hydrogens is 206 g/mol. The van der Waals surface area contributed by atoms with Crippen LogP contribution >= 0.6 is 0 Å². The van der Waals surface area contributed by atoms with E-state index in [0.717, 1.165) is 12.0 Å². The molecular formula is C16H25N. The summed E-state index contributed by atoms with van der Waals surface area (Å²) in [6.45, 7) is 6.80. The molecule has 17 heavy (non-hydrogen) atoms. The molecule has 1 saturated carbocycles. The van der Waals surface area contributed by atoms with E-state index in [9.17, 15) is 0 Å². The Labute approximate surface area is 106 Å². The Morgan fingerprint density at radius 3 is 2.24 bits per heavy atom. The monoisotopic (exact) mass is 231 g/mol. The lowest BCUT2D eigenvalue weighted by atomic mass is 9.87. The Hall–Kier alpha value is -0.820. The van der Waals surface area contributed by atoms with Gasteiger partial charge in [-0.25, -0.2) is 0 Å². The van der Waals surface area contributed by atoms with Crippen LogP contribution in [0.3, 0.4) is 0 Å². The second kappa shape index (κ2) is 5.68. The second-order valence-corrected chi connectivity index (χ2v) is 5.76. The van der Waals surface area contributed by atoms with E-state index < -0.39 is 0 Å². The van der Waals surface area contributed by atoms with E-state index in [1.165, 1.54) is 36.8 Å². The van der Waals surface area contributed by atoms with Gasteiger partial charge < -0.3 is 5.32 Å². The highest BCUT2D eigenvalue weighted by Gasteiger charge is 2.19. The molecule has 1 aliphatic carbocycles. The summed E-state index contributed by atoms with van der Waals surface area (Å²) in [7, 11) is 0. The zero-order valence-corrected chi connectivity index (χ0v) is 11.4. The summed E-state index contributed by atoms with van der Waals surface area (Å²) < 4.78 is 0. The highest BCUT2D eigenvalue weighted by Crippen LogP contribution is 2.25. The maximum absolute atomic E-state index is 3.78. The van der Waals surface area contributed by atoms with Crippen LogP contribution < -0.4 is 5.32 Å². The molecule has 1 aromatic rings. The predicted molar refractivity (Wildman–Crippen MR) is 74.1 cm³/mol. The molecule has 0 heterocycles. The standard InChI is InChI=1S/C16H25N/c1-12-4-8-15(9-5-12)14(3)17-16-10-6-13(2)7-11-16/h4-5,8-9,13-14,16-17H,6-7,10-11H2,1-3H3/t13?,14-,16?/m0/s1. The highest BCUT2D eigenvalue weighted by atomic mass is 14.9. The first-order valence-electron chi connectivity index (χ1n) is 6.98. The van der Waals surface area contributed by atoms with Gasteiger partial charge >= 0.3 is 0 Å². The maximum atomic E-state index is 3.78. The third-order valence-electron chi connectivity index (χ3n) is 4.08. The number of hydrogen-bond donors (Lipinski definition) is 1. The molecule has 0 saturated heterocycles. The van der Waals surface area contributed by atoms with Crippen molar-refractivity contribution in [1.82, 2.24) is 5.32 Å². The normalized spacial score (nSPS) is 26.8. The minimum absolute atomic E-state index is 0.481. The van der Waals surface area contributed by atoms with Crippen LogP contribution in [0.15, 0.2) is 24.3 Å². The summed E-state index contributed by atoms with van der Waals surface area (Å²) >= 11 is 0. The second-order valence-electron chi connectivity index (χ2n) is 5.76. The number of benzene rings is 1. The Bertz CT molecular complexity index is 333. The molecule has 0 unspecified atom stereocenters. The van der Waals surface area contributed by atoms with E-state index in [4.69, 9.17) is 0 Å². The summed E-state index contributed by atoms with van der Waals surface area (Å²) in [6.07, 6.45) is 5.46. The van der Waals surface area contributed by atoms with Crippen molar-refractivity contribution < 1.29 is 0 Å². The molecule has 2 rings (SSSR count). The van der Waals surface area contributed by atoms with E-state index in [2.05, 4.69) is 50.4 Å². The largest absolute Gasteiger partial charge is 0.307 e. The molecule has 0 bridgehead atoms. The van der Waals surface area contributed by atoms with Gasteiger partial charge in [-0.3, -0.25) is 0 Å². The van der Waals surface area contributed by atoms with Crippen LogP contribution in [0.1, 0.15) is 56.7 Å². The Morgan fingerprint density at radius 1 is 1.06 bits per heavy atom. The molecule has 0 amide bonds. The Kier molecular flexibility index (Phi) is 4.22. The summed E-state index contributed by atoms with van der Waals surface area (Å²) in [5.41, 5.74) is 2.75. The van der Waals surface area contributed by atoms with E-state index >= 15 is 0 Å². The molecule has 1 heteroatoms. The van der Waals surface area contributed by atoms with E-state index in [-0.39, 0.29) is 0 Å². The lowest BCUT2D eigenvalue weighted by molar-refractivity contribution is 0.292. The SMILES string of the molecule is Cc1ccc([C@H](C)NC2CCC(C)CC2)cc1. The molecule has 1 aliphatic rings. The van der Waals surface area contributed by atoms with Crippen LogP contribution in [0, 0.1) is 12.8 Å². The first-order chi connectivity index (χ1) is 8.15. The van der Waals surface area contributed by atoms with Crippen LogP contribution in [-0.4, -0.2) is 6.04 Å². The fourth-order valence-electron chi connectivity index (χ4n) is 2.73. The number of rotatable bonds is 3. The first-order valence-corrected chi connectivity index (χ1v) is 6.98. The third-order valence-corrected chi connectivity index (χ3v) is 4.08. The van der Waals surface area contributed by atoms with Crippen LogP contribution in [-0.2, 0) is 0 Å². The van der Waals surface area contributed by atoms with Crippen molar-refractivity contribution in [3.8, 4) is 0 Å². The van der Waals surface area contributed by atoms with Gasteiger partial charge in [0.15, 0.2) is 0 Å².